The maximum Gasteiger partial charge on any atom is 0.134 e. The van der Waals surface area contributed by atoms with Crippen LogP contribution in [0.3, 0.4) is 0 Å². The Kier molecular flexibility index (Phi) is 3.83. The number of nitrogens with zero attached hydrogens (tertiary/aromatic N) is 1. The minimum atomic E-state index is -0.249. The van der Waals surface area contributed by atoms with Crippen molar-refractivity contribution < 1.29 is 8.81 Å². The lowest BCUT2D eigenvalue weighted by Gasteiger charge is -2.10. The first kappa shape index (κ1) is 13.6. The Morgan fingerprint density at radius 2 is 2.05 bits per heavy atom. The maximum absolute atomic E-state index is 12.9. The van der Waals surface area contributed by atoms with Crippen LogP contribution in [-0.2, 0) is 6.54 Å². The van der Waals surface area contributed by atoms with E-state index < -0.39 is 0 Å². The van der Waals surface area contributed by atoms with Gasteiger partial charge in [0.25, 0.3) is 0 Å². The molecule has 0 aliphatic carbocycles. The summed E-state index contributed by atoms with van der Waals surface area (Å²) in [4.78, 5) is 0. The lowest BCUT2D eigenvalue weighted by molar-refractivity contribution is 0.468. The van der Waals surface area contributed by atoms with Crippen LogP contribution in [0.1, 0.15) is 24.3 Å². The second kappa shape index (κ2) is 5.93. The molecular formula is C16H16FN3O. The summed E-state index contributed by atoms with van der Waals surface area (Å²) in [5.41, 5.74) is 1.96. The molecule has 21 heavy (non-hydrogen) atoms. The van der Waals surface area contributed by atoms with Crippen LogP contribution in [0.15, 0.2) is 53.2 Å². The number of aromatic nitrogens is 2. The zero-order valence-electron chi connectivity index (χ0n) is 11.6. The van der Waals surface area contributed by atoms with Gasteiger partial charge >= 0.3 is 0 Å². The van der Waals surface area contributed by atoms with Gasteiger partial charge in [-0.05, 0) is 43.3 Å². The Labute approximate surface area is 122 Å². The average Bonchev–Trinajstić information content (AvgIpc) is 3.17. The van der Waals surface area contributed by atoms with Gasteiger partial charge in [-0.1, -0.05) is 0 Å². The van der Waals surface area contributed by atoms with Crippen LogP contribution < -0.4 is 5.32 Å². The van der Waals surface area contributed by atoms with Gasteiger partial charge in [0.1, 0.15) is 17.3 Å². The van der Waals surface area contributed by atoms with E-state index in [4.69, 9.17) is 4.42 Å². The molecule has 2 aromatic heterocycles. The van der Waals surface area contributed by atoms with Gasteiger partial charge < -0.3 is 9.73 Å². The molecule has 5 heteroatoms. The topological polar surface area (TPSA) is 53.9 Å². The number of aromatic amines is 1. The highest BCUT2D eigenvalue weighted by Crippen LogP contribution is 2.22. The van der Waals surface area contributed by atoms with Crippen molar-refractivity contribution in [3.63, 3.8) is 0 Å². The molecule has 2 heterocycles. The number of furan rings is 1. The smallest absolute Gasteiger partial charge is 0.134 e. The Morgan fingerprint density at radius 1 is 1.24 bits per heavy atom. The highest BCUT2D eigenvalue weighted by molar-refractivity contribution is 5.57. The molecule has 0 spiro atoms. The van der Waals surface area contributed by atoms with Gasteiger partial charge in [-0.25, -0.2) is 4.39 Å². The molecule has 1 unspecified atom stereocenters. The van der Waals surface area contributed by atoms with Crippen molar-refractivity contribution in [3.8, 4) is 11.3 Å². The molecule has 2 N–H and O–H groups in total. The second-order valence-corrected chi connectivity index (χ2v) is 4.91. The van der Waals surface area contributed by atoms with Gasteiger partial charge in [0.15, 0.2) is 0 Å². The summed E-state index contributed by atoms with van der Waals surface area (Å²) in [7, 11) is 0. The Hall–Kier alpha value is -2.40. The quantitative estimate of drug-likeness (QED) is 0.752. The fourth-order valence-corrected chi connectivity index (χ4v) is 2.11. The lowest BCUT2D eigenvalue weighted by atomic mass is 10.2. The van der Waals surface area contributed by atoms with Crippen LogP contribution >= 0.6 is 0 Å². The molecule has 0 bridgehead atoms. The normalized spacial score (nSPS) is 12.5. The molecule has 1 aromatic carbocycles. The summed E-state index contributed by atoms with van der Waals surface area (Å²) < 4.78 is 18.7. The highest BCUT2D eigenvalue weighted by Gasteiger charge is 2.08. The van der Waals surface area contributed by atoms with E-state index in [1.165, 1.54) is 12.1 Å². The third kappa shape index (κ3) is 3.20. The first-order chi connectivity index (χ1) is 10.2. The fraction of sp³-hybridized carbons (Fsp3) is 0.188. The van der Waals surface area contributed by atoms with E-state index in [1.54, 1.807) is 18.3 Å². The summed E-state index contributed by atoms with van der Waals surface area (Å²) >= 11 is 0. The molecular weight excluding hydrogens is 269 g/mol. The van der Waals surface area contributed by atoms with Gasteiger partial charge in [-0.15, -0.1) is 0 Å². The maximum atomic E-state index is 12.9. The predicted molar refractivity (Wildman–Crippen MR) is 77.9 cm³/mol. The number of nitrogens with one attached hydrogen (secondary N) is 2. The minimum absolute atomic E-state index is 0.183. The molecule has 3 rings (SSSR count). The van der Waals surface area contributed by atoms with Crippen LogP contribution in [0, 0.1) is 5.82 Å². The molecule has 0 saturated carbocycles. The summed E-state index contributed by atoms with van der Waals surface area (Å²) in [5, 5.41) is 10.1. The zero-order valence-corrected chi connectivity index (χ0v) is 11.6. The van der Waals surface area contributed by atoms with Crippen LogP contribution in [-0.4, -0.2) is 10.2 Å². The summed E-state index contributed by atoms with van der Waals surface area (Å²) in [6, 6.07) is 10.3. The van der Waals surface area contributed by atoms with Gasteiger partial charge in [-0.3, -0.25) is 5.10 Å². The van der Waals surface area contributed by atoms with Crippen LogP contribution in [0.2, 0.25) is 0 Å². The molecule has 0 radical (unpaired) electrons. The summed E-state index contributed by atoms with van der Waals surface area (Å²) in [5.74, 6) is 1.33. The number of rotatable bonds is 5. The first-order valence-corrected chi connectivity index (χ1v) is 6.79. The largest absolute Gasteiger partial charge is 0.460 e. The van der Waals surface area contributed by atoms with Crippen molar-refractivity contribution in [3.05, 3.63) is 65.9 Å². The van der Waals surface area contributed by atoms with Crippen molar-refractivity contribution in [1.82, 2.24) is 15.5 Å². The standard InChI is InChI=1S/C16H16FN3O/c1-11(13-8-19-20-9-13)18-10-15-6-7-16(21-15)12-2-4-14(17)5-3-12/h2-9,11,18H,10H2,1H3,(H,19,20). The van der Waals surface area contributed by atoms with Gasteiger partial charge in [0.05, 0.1) is 12.7 Å². The number of hydrogen-bond donors (Lipinski definition) is 2. The Bertz CT molecular complexity index is 689. The Balaban J connectivity index is 1.64. The van der Waals surface area contributed by atoms with Crippen molar-refractivity contribution in [2.45, 2.75) is 19.5 Å². The fourth-order valence-electron chi connectivity index (χ4n) is 2.11. The monoisotopic (exact) mass is 285 g/mol. The number of H-pyrrole nitrogens is 1. The summed E-state index contributed by atoms with van der Waals surface area (Å²) in [6.45, 7) is 2.68. The van der Waals surface area contributed by atoms with Crippen molar-refractivity contribution in [2.24, 2.45) is 0 Å². The molecule has 0 saturated heterocycles. The number of benzene rings is 1. The molecule has 3 aromatic rings. The molecule has 1 atom stereocenters. The van der Waals surface area contributed by atoms with Gasteiger partial charge in [0.2, 0.25) is 0 Å². The van der Waals surface area contributed by atoms with Gasteiger partial charge in [-0.2, -0.15) is 5.10 Å². The van der Waals surface area contributed by atoms with Crippen LogP contribution in [0.5, 0.6) is 0 Å². The third-order valence-electron chi connectivity index (χ3n) is 3.39. The van der Waals surface area contributed by atoms with E-state index in [1.807, 2.05) is 18.3 Å². The lowest BCUT2D eigenvalue weighted by Crippen LogP contribution is -2.17. The molecule has 0 amide bonds. The molecule has 0 fully saturated rings. The van der Waals surface area contributed by atoms with Gasteiger partial charge in [0, 0.05) is 23.4 Å². The molecule has 0 aliphatic rings. The van der Waals surface area contributed by atoms with Crippen molar-refractivity contribution >= 4 is 0 Å². The number of halogens is 1. The van der Waals surface area contributed by atoms with Crippen molar-refractivity contribution in [1.29, 1.82) is 0 Å². The van der Waals surface area contributed by atoms with E-state index >= 15 is 0 Å². The third-order valence-corrected chi connectivity index (χ3v) is 3.39. The predicted octanol–water partition coefficient (Wildman–Crippen LogP) is 3.66. The first-order valence-electron chi connectivity index (χ1n) is 6.79. The molecule has 4 nitrogen and oxygen atoms in total. The molecule has 0 aliphatic heterocycles. The Morgan fingerprint density at radius 3 is 2.76 bits per heavy atom. The van der Waals surface area contributed by atoms with Crippen molar-refractivity contribution in [2.75, 3.05) is 0 Å². The van der Waals surface area contributed by atoms with E-state index in [9.17, 15) is 4.39 Å². The van der Waals surface area contributed by atoms with Crippen LogP contribution in [0.25, 0.3) is 11.3 Å². The van der Waals surface area contributed by atoms with E-state index in [-0.39, 0.29) is 11.9 Å². The SMILES string of the molecule is CC(NCc1ccc(-c2ccc(F)cc2)o1)c1cn[nH]c1. The second-order valence-electron chi connectivity index (χ2n) is 4.91. The summed E-state index contributed by atoms with van der Waals surface area (Å²) in [6.07, 6.45) is 3.66. The van der Waals surface area contributed by atoms with Crippen LogP contribution in [0.4, 0.5) is 4.39 Å². The average molecular weight is 285 g/mol. The highest BCUT2D eigenvalue weighted by atomic mass is 19.1. The molecule has 108 valence electrons. The van der Waals surface area contributed by atoms with E-state index in [0.717, 1.165) is 22.6 Å². The zero-order chi connectivity index (χ0) is 14.7. The van der Waals surface area contributed by atoms with E-state index in [0.29, 0.717) is 6.54 Å². The van der Waals surface area contributed by atoms with E-state index in [2.05, 4.69) is 22.4 Å². The minimum Gasteiger partial charge on any atom is -0.460 e. The number of hydrogen-bond acceptors (Lipinski definition) is 3.